The van der Waals surface area contributed by atoms with Gasteiger partial charge in [-0.25, -0.2) is 9.97 Å². The van der Waals surface area contributed by atoms with Crippen molar-refractivity contribution in [1.82, 2.24) is 15.0 Å². The van der Waals surface area contributed by atoms with Gasteiger partial charge in [0.05, 0.1) is 19.7 Å². The molecule has 3 heterocycles. The van der Waals surface area contributed by atoms with Crippen LogP contribution in [0.3, 0.4) is 0 Å². The van der Waals surface area contributed by atoms with Gasteiger partial charge in [0.15, 0.2) is 0 Å². The number of aromatic nitrogens is 3. The molecule has 3 aromatic rings. The van der Waals surface area contributed by atoms with Gasteiger partial charge in [0, 0.05) is 30.6 Å². The number of ether oxygens (including phenoxy) is 2. The third-order valence-electron chi connectivity index (χ3n) is 5.50. The second kappa shape index (κ2) is 8.07. The van der Waals surface area contributed by atoms with Crippen LogP contribution in [0.1, 0.15) is 25.3 Å². The fraction of sp³-hybridized carbons (Fsp3) is 0.348. The predicted octanol–water partition coefficient (Wildman–Crippen LogP) is 4.56. The minimum Gasteiger partial charge on any atom is -0.481 e. The third kappa shape index (κ3) is 3.75. The SMILES string of the molecule is CCC1=CCN(c2ncnc3c(C)cc(-c4cc(OC)nc(OC)c4)cc23)CC1. The Balaban J connectivity index is 1.83. The Kier molecular flexibility index (Phi) is 5.34. The average Bonchev–Trinajstić information content (AvgIpc) is 2.78. The minimum absolute atomic E-state index is 0.523. The van der Waals surface area contributed by atoms with E-state index in [9.17, 15) is 0 Å². The Morgan fingerprint density at radius 1 is 1.00 bits per heavy atom. The van der Waals surface area contributed by atoms with Gasteiger partial charge in [-0.1, -0.05) is 18.6 Å². The maximum atomic E-state index is 5.35. The van der Waals surface area contributed by atoms with Crippen LogP contribution in [0.5, 0.6) is 11.8 Å². The van der Waals surface area contributed by atoms with Crippen molar-refractivity contribution in [2.45, 2.75) is 26.7 Å². The van der Waals surface area contributed by atoms with E-state index >= 15 is 0 Å². The molecule has 29 heavy (non-hydrogen) atoms. The second-order valence-electron chi connectivity index (χ2n) is 7.24. The summed E-state index contributed by atoms with van der Waals surface area (Å²) in [6.07, 6.45) is 6.20. The van der Waals surface area contributed by atoms with E-state index in [1.807, 2.05) is 12.1 Å². The number of methoxy groups -OCH3 is 2. The van der Waals surface area contributed by atoms with Crippen molar-refractivity contribution in [3.05, 3.63) is 47.8 Å². The molecule has 0 N–H and O–H groups in total. The van der Waals surface area contributed by atoms with Gasteiger partial charge < -0.3 is 14.4 Å². The first-order valence-corrected chi connectivity index (χ1v) is 9.91. The third-order valence-corrected chi connectivity index (χ3v) is 5.50. The van der Waals surface area contributed by atoms with Crippen LogP contribution < -0.4 is 14.4 Å². The van der Waals surface area contributed by atoms with Crippen molar-refractivity contribution in [3.8, 4) is 22.9 Å². The number of hydrogen-bond acceptors (Lipinski definition) is 6. The molecule has 0 spiro atoms. The van der Waals surface area contributed by atoms with Crippen molar-refractivity contribution in [3.63, 3.8) is 0 Å². The summed E-state index contributed by atoms with van der Waals surface area (Å²) in [7, 11) is 3.22. The molecule has 0 aliphatic carbocycles. The average molecular weight is 390 g/mol. The standard InChI is InChI=1S/C23H26N4O2/c1-5-16-6-8-27(9-7-16)23-19-11-17(10-15(2)22(19)24-14-25-23)18-12-20(28-3)26-21(13-18)29-4/h6,10-14H,5,7-9H2,1-4H3. The van der Waals surface area contributed by atoms with E-state index < -0.39 is 0 Å². The highest BCUT2D eigenvalue weighted by molar-refractivity contribution is 5.95. The number of nitrogens with zero attached hydrogens (tertiary/aromatic N) is 4. The molecule has 150 valence electrons. The normalized spacial score (nSPS) is 14.1. The van der Waals surface area contributed by atoms with Crippen molar-refractivity contribution in [2.24, 2.45) is 0 Å². The topological polar surface area (TPSA) is 60.4 Å². The van der Waals surface area contributed by atoms with Crippen LogP contribution >= 0.6 is 0 Å². The second-order valence-corrected chi connectivity index (χ2v) is 7.24. The molecule has 0 radical (unpaired) electrons. The van der Waals surface area contributed by atoms with E-state index in [0.717, 1.165) is 59.3 Å². The molecule has 6 heteroatoms. The van der Waals surface area contributed by atoms with E-state index in [4.69, 9.17) is 9.47 Å². The maximum Gasteiger partial charge on any atom is 0.216 e. The van der Waals surface area contributed by atoms with E-state index in [2.05, 4.69) is 51.9 Å². The summed E-state index contributed by atoms with van der Waals surface area (Å²) < 4.78 is 10.7. The fourth-order valence-corrected chi connectivity index (χ4v) is 3.83. The lowest BCUT2D eigenvalue weighted by molar-refractivity contribution is 0.365. The number of anilines is 1. The van der Waals surface area contributed by atoms with Crippen molar-refractivity contribution >= 4 is 16.7 Å². The fourth-order valence-electron chi connectivity index (χ4n) is 3.83. The highest BCUT2D eigenvalue weighted by atomic mass is 16.5. The van der Waals surface area contributed by atoms with Crippen molar-refractivity contribution in [1.29, 1.82) is 0 Å². The Bertz CT molecular complexity index is 1060. The first-order valence-electron chi connectivity index (χ1n) is 9.91. The maximum absolute atomic E-state index is 5.35. The van der Waals surface area contributed by atoms with Crippen LogP contribution in [0, 0.1) is 6.92 Å². The molecule has 0 saturated carbocycles. The van der Waals surface area contributed by atoms with Gasteiger partial charge in [-0.15, -0.1) is 0 Å². The molecule has 0 bridgehead atoms. The summed E-state index contributed by atoms with van der Waals surface area (Å²) in [4.78, 5) is 15.8. The van der Waals surface area contributed by atoms with Gasteiger partial charge >= 0.3 is 0 Å². The lowest BCUT2D eigenvalue weighted by Crippen LogP contribution is -2.29. The zero-order chi connectivity index (χ0) is 20.4. The largest absolute Gasteiger partial charge is 0.481 e. The van der Waals surface area contributed by atoms with Gasteiger partial charge in [0.25, 0.3) is 0 Å². The highest BCUT2D eigenvalue weighted by Crippen LogP contribution is 2.34. The molecule has 1 aliphatic rings. The molecule has 1 aliphatic heterocycles. The molecule has 0 atom stereocenters. The first kappa shape index (κ1) is 19.2. The first-order chi connectivity index (χ1) is 14.1. The van der Waals surface area contributed by atoms with Crippen LogP contribution in [0.2, 0.25) is 0 Å². The molecule has 0 unspecified atom stereocenters. The van der Waals surface area contributed by atoms with Crippen LogP contribution in [0.4, 0.5) is 5.82 Å². The van der Waals surface area contributed by atoms with E-state index in [1.165, 1.54) is 5.57 Å². The molecular weight excluding hydrogens is 364 g/mol. The van der Waals surface area contributed by atoms with E-state index in [0.29, 0.717) is 11.8 Å². The number of aryl methyl sites for hydroxylation is 1. The number of rotatable bonds is 5. The summed E-state index contributed by atoms with van der Waals surface area (Å²) in [5.74, 6) is 2.03. The Labute approximate surface area is 171 Å². The van der Waals surface area contributed by atoms with Crippen LogP contribution in [0.25, 0.3) is 22.0 Å². The zero-order valence-electron chi connectivity index (χ0n) is 17.4. The lowest BCUT2D eigenvalue weighted by atomic mass is 10.00. The number of benzene rings is 1. The van der Waals surface area contributed by atoms with Crippen LogP contribution in [-0.2, 0) is 0 Å². The van der Waals surface area contributed by atoms with Gasteiger partial charge in [0.2, 0.25) is 11.8 Å². The Morgan fingerprint density at radius 3 is 2.34 bits per heavy atom. The van der Waals surface area contributed by atoms with Gasteiger partial charge in [-0.3, -0.25) is 0 Å². The van der Waals surface area contributed by atoms with Crippen molar-refractivity contribution in [2.75, 3.05) is 32.2 Å². The quantitative estimate of drug-likeness (QED) is 0.595. The van der Waals surface area contributed by atoms with E-state index in [1.54, 1.807) is 20.5 Å². The molecule has 2 aromatic heterocycles. The monoisotopic (exact) mass is 390 g/mol. The van der Waals surface area contributed by atoms with Gasteiger partial charge in [-0.05, 0) is 48.6 Å². The molecular formula is C23H26N4O2. The summed E-state index contributed by atoms with van der Waals surface area (Å²) in [6, 6.07) is 8.14. The molecule has 0 amide bonds. The molecule has 1 aromatic carbocycles. The smallest absolute Gasteiger partial charge is 0.216 e. The molecule has 4 rings (SSSR count). The van der Waals surface area contributed by atoms with Gasteiger partial charge in [0.1, 0.15) is 12.1 Å². The summed E-state index contributed by atoms with van der Waals surface area (Å²) >= 11 is 0. The van der Waals surface area contributed by atoms with Crippen LogP contribution in [-0.4, -0.2) is 42.3 Å². The minimum atomic E-state index is 0.523. The van der Waals surface area contributed by atoms with E-state index in [-0.39, 0.29) is 0 Å². The summed E-state index contributed by atoms with van der Waals surface area (Å²) in [6.45, 7) is 6.17. The zero-order valence-corrected chi connectivity index (χ0v) is 17.4. The number of pyridine rings is 1. The molecule has 6 nitrogen and oxygen atoms in total. The Morgan fingerprint density at radius 2 is 1.72 bits per heavy atom. The highest BCUT2D eigenvalue weighted by Gasteiger charge is 2.17. The lowest BCUT2D eigenvalue weighted by Gasteiger charge is -2.28. The summed E-state index contributed by atoms with van der Waals surface area (Å²) in [5.41, 5.74) is 5.66. The van der Waals surface area contributed by atoms with Gasteiger partial charge in [-0.2, -0.15) is 4.98 Å². The molecule has 0 saturated heterocycles. The number of fused-ring (bicyclic) bond motifs is 1. The summed E-state index contributed by atoms with van der Waals surface area (Å²) in [5, 5.41) is 1.06. The van der Waals surface area contributed by atoms with Crippen LogP contribution in [0.15, 0.2) is 42.2 Å². The molecule has 0 fully saturated rings. The number of hydrogen-bond donors (Lipinski definition) is 0. The van der Waals surface area contributed by atoms with Crippen molar-refractivity contribution < 1.29 is 9.47 Å². The Hall–Kier alpha value is -3.15. The predicted molar refractivity (Wildman–Crippen MR) is 116 cm³/mol.